The number of ether oxygens (including phenoxy) is 1. The summed E-state index contributed by atoms with van der Waals surface area (Å²) in [5.41, 5.74) is 3.44. The predicted molar refractivity (Wildman–Crippen MR) is 119 cm³/mol. The number of aryl methyl sites for hydroxylation is 1. The number of aromatic nitrogens is 1. The van der Waals surface area contributed by atoms with Crippen molar-refractivity contribution in [2.75, 3.05) is 0 Å². The average molecular weight is 441 g/mol. The highest BCUT2D eigenvalue weighted by molar-refractivity contribution is 7.89. The molecule has 8 heteroatoms. The van der Waals surface area contributed by atoms with Gasteiger partial charge in [0, 0.05) is 27.5 Å². The van der Waals surface area contributed by atoms with E-state index in [1.165, 1.54) is 23.5 Å². The molecule has 154 valence electrons. The number of H-pyrrole nitrogens is 1. The van der Waals surface area contributed by atoms with E-state index in [4.69, 9.17) is 9.88 Å². The number of benzene rings is 2. The quantitative estimate of drug-likeness (QED) is 0.349. The maximum Gasteiger partial charge on any atom is 0.354 e. The molecule has 0 unspecified atom stereocenters. The lowest BCUT2D eigenvalue weighted by Crippen LogP contribution is -2.12. The monoisotopic (exact) mass is 440 g/mol. The zero-order chi connectivity index (χ0) is 21.5. The van der Waals surface area contributed by atoms with Crippen LogP contribution in [-0.2, 0) is 16.4 Å². The fourth-order valence-corrected chi connectivity index (χ4v) is 5.11. The minimum absolute atomic E-state index is 0.0266. The van der Waals surface area contributed by atoms with Gasteiger partial charge in [0.1, 0.15) is 10.6 Å². The number of aromatic amines is 1. The molecule has 0 saturated carbocycles. The van der Waals surface area contributed by atoms with Gasteiger partial charge in [-0.1, -0.05) is 19.1 Å². The summed E-state index contributed by atoms with van der Waals surface area (Å²) in [6, 6.07) is 13.6. The van der Waals surface area contributed by atoms with Crippen molar-refractivity contribution in [3.63, 3.8) is 0 Å². The molecule has 0 bridgehead atoms. The number of rotatable bonds is 5. The fraction of sp³-hybridized carbons (Fsp3) is 0.136. The van der Waals surface area contributed by atoms with E-state index in [1.807, 2.05) is 38.2 Å². The SMILES string of the molecule is CCc1sc(C(=O)Oc2ccc3[nH]ccc3c2)c(-c2ccc(S(N)(=O)=O)cc2)c1C. The number of esters is 1. The number of hydrogen-bond acceptors (Lipinski definition) is 5. The van der Waals surface area contributed by atoms with E-state index < -0.39 is 16.0 Å². The van der Waals surface area contributed by atoms with E-state index in [2.05, 4.69) is 4.98 Å². The van der Waals surface area contributed by atoms with Crippen LogP contribution in [0.1, 0.15) is 27.0 Å². The zero-order valence-corrected chi connectivity index (χ0v) is 18.1. The van der Waals surface area contributed by atoms with Gasteiger partial charge in [-0.05, 0) is 60.9 Å². The molecule has 0 saturated heterocycles. The number of primary sulfonamides is 1. The minimum atomic E-state index is -3.78. The molecular formula is C22H20N2O4S2. The smallest absolute Gasteiger partial charge is 0.354 e. The first-order valence-corrected chi connectivity index (χ1v) is 11.7. The average Bonchev–Trinajstić information content (AvgIpc) is 3.31. The molecule has 4 rings (SSSR count). The summed E-state index contributed by atoms with van der Waals surface area (Å²) >= 11 is 1.40. The third-order valence-corrected chi connectivity index (χ3v) is 7.30. The second-order valence-electron chi connectivity index (χ2n) is 6.89. The molecular weight excluding hydrogens is 420 g/mol. The van der Waals surface area contributed by atoms with Gasteiger partial charge in [-0.3, -0.25) is 0 Å². The fourth-order valence-electron chi connectivity index (χ4n) is 3.45. The molecule has 0 radical (unpaired) electrons. The molecule has 6 nitrogen and oxygen atoms in total. The Morgan fingerprint density at radius 3 is 2.53 bits per heavy atom. The highest BCUT2D eigenvalue weighted by Crippen LogP contribution is 2.38. The van der Waals surface area contributed by atoms with Crippen molar-refractivity contribution >= 4 is 38.2 Å². The summed E-state index contributed by atoms with van der Waals surface area (Å²) in [4.78, 5) is 17.8. The molecule has 2 heterocycles. The van der Waals surface area contributed by atoms with Crippen LogP contribution in [0.15, 0.2) is 59.6 Å². The number of fused-ring (bicyclic) bond motifs is 1. The largest absolute Gasteiger partial charge is 0.422 e. The third-order valence-electron chi connectivity index (χ3n) is 4.96. The number of sulfonamides is 1. The van der Waals surface area contributed by atoms with Crippen molar-refractivity contribution in [2.45, 2.75) is 25.2 Å². The van der Waals surface area contributed by atoms with Crippen molar-refractivity contribution in [1.29, 1.82) is 0 Å². The normalized spacial score (nSPS) is 11.7. The van der Waals surface area contributed by atoms with Gasteiger partial charge < -0.3 is 9.72 Å². The maximum absolute atomic E-state index is 13.1. The summed E-state index contributed by atoms with van der Waals surface area (Å²) in [5, 5.41) is 6.15. The van der Waals surface area contributed by atoms with E-state index in [0.29, 0.717) is 10.6 Å². The summed E-state index contributed by atoms with van der Waals surface area (Å²) in [7, 11) is -3.78. The van der Waals surface area contributed by atoms with Gasteiger partial charge >= 0.3 is 5.97 Å². The van der Waals surface area contributed by atoms with E-state index in [9.17, 15) is 13.2 Å². The van der Waals surface area contributed by atoms with Gasteiger partial charge in [-0.25, -0.2) is 18.4 Å². The van der Waals surface area contributed by atoms with Crippen LogP contribution in [0, 0.1) is 6.92 Å². The van der Waals surface area contributed by atoms with Crippen LogP contribution in [0.3, 0.4) is 0 Å². The van der Waals surface area contributed by atoms with Gasteiger partial charge in [0.2, 0.25) is 10.0 Å². The van der Waals surface area contributed by atoms with Crippen molar-refractivity contribution in [1.82, 2.24) is 4.98 Å². The Bertz CT molecular complexity index is 1350. The predicted octanol–water partition coefficient (Wildman–Crippen LogP) is 4.63. The Hall–Kier alpha value is -2.94. The Balaban J connectivity index is 1.73. The van der Waals surface area contributed by atoms with E-state index >= 15 is 0 Å². The molecule has 4 aromatic rings. The van der Waals surface area contributed by atoms with Crippen LogP contribution in [0.5, 0.6) is 5.75 Å². The molecule has 0 amide bonds. The summed E-state index contributed by atoms with van der Waals surface area (Å²) in [5.74, 6) is 0.0231. The number of hydrogen-bond donors (Lipinski definition) is 2. The lowest BCUT2D eigenvalue weighted by atomic mass is 10.0. The van der Waals surface area contributed by atoms with E-state index in [1.54, 1.807) is 18.2 Å². The van der Waals surface area contributed by atoms with Crippen molar-refractivity contribution in [3.05, 3.63) is 70.0 Å². The standard InChI is InChI=1S/C22H20N2O4S2/c1-3-19-13(2)20(14-4-7-17(8-5-14)30(23,26)27)21(29-19)22(25)28-16-6-9-18-15(12-16)10-11-24-18/h4-12,24H,3H2,1-2H3,(H2,23,26,27). The molecule has 0 spiro atoms. The second-order valence-corrected chi connectivity index (χ2v) is 9.56. The Kier molecular flexibility index (Phi) is 5.23. The summed E-state index contributed by atoms with van der Waals surface area (Å²) < 4.78 is 28.8. The highest BCUT2D eigenvalue weighted by Gasteiger charge is 2.23. The Labute approximate surface area is 178 Å². The topological polar surface area (TPSA) is 102 Å². The minimum Gasteiger partial charge on any atom is -0.422 e. The van der Waals surface area contributed by atoms with Crippen LogP contribution >= 0.6 is 11.3 Å². The van der Waals surface area contributed by atoms with Gasteiger partial charge in [0.05, 0.1) is 4.90 Å². The first kappa shape index (κ1) is 20.3. The van der Waals surface area contributed by atoms with Crippen molar-refractivity contribution < 1.29 is 17.9 Å². The molecule has 0 fully saturated rings. The lowest BCUT2D eigenvalue weighted by Gasteiger charge is -2.08. The summed E-state index contributed by atoms with van der Waals surface area (Å²) in [6.07, 6.45) is 2.61. The number of nitrogens with two attached hydrogens (primary N) is 1. The zero-order valence-electron chi connectivity index (χ0n) is 16.4. The van der Waals surface area contributed by atoms with E-state index in [-0.39, 0.29) is 4.90 Å². The molecule has 0 aliphatic rings. The van der Waals surface area contributed by atoms with Gasteiger partial charge in [0.25, 0.3) is 0 Å². The lowest BCUT2D eigenvalue weighted by molar-refractivity contribution is 0.0740. The molecule has 2 aromatic heterocycles. The van der Waals surface area contributed by atoms with Crippen LogP contribution in [0.25, 0.3) is 22.0 Å². The first-order chi connectivity index (χ1) is 14.3. The molecule has 30 heavy (non-hydrogen) atoms. The Morgan fingerprint density at radius 1 is 1.13 bits per heavy atom. The summed E-state index contributed by atoms with van der Waals surface area (Å²) in [6.45, 7) is 3.99. The Morgan fingerprint density at radius 2 is 1.87 bits per heavy atom. The number of carbonyl (C=O) groups is 1. The van der Waals surface area contributed by atoms with Crippen molar-refractivity contribution in [2.24, 2.45) is 5.14 Å². The number of carbonyl (C=O) groups excluding carboxylic acids is 1. The highest BCUT2D eigenvalue weighted by atomic mass is 32.2. The van der Waals surface area contributed by atoms with Crippen molar-refractivity contribution in [3.8, 4) is 16.9 Å². The van der Waals surface area contributed by atoms with Crippen LogP contribution in [0.4, 0.5) is 0 Å². The molecule has 0 aliphatic carbocycles. The molecule has 2 aromatic carbocycles. The van der Waals surface area contributed by atoms with Crippen LogP contribution in [-0.4, -0.2) is 19.4 Å². The molecule has 3 N–H and O–H groups in total. The van der Waals surface area contributed by atoms with Gasteiger partial charge in [-0.2, -0.15) is 0 Å². The van der Waals surface area contributed by atoms with Gasteiger partial charge in [-0.15, -0.1) is 11.3 Å². The third kappa shape index (κ3) is 3.77. The number of nitrogens with one attached hydrogen (secondary N) is 1. The molecule has 0 atom stereocenters. The van der Waals surface area contributed by atoms with E-state index in [0.717, 1.165) is 38.9 Å². The van der Waals surface area contributed by atoms with Crippen LogP contribution in [0.2, 0.25) is 0 Å². The molecule has 0 aliphatic heterocycles. The van der Waals surface area contributed by atoms with Gasteiger partial charge in [0.15, 0.2) is 0 Å². The second kappa shape index (κ2) is 7.71. The first-order valence-electron chi connectivity index (χ1n) is 9.32. The maximum atomic E-state index is 13.1. The van der Waals surface area contributed by atoms with Crippen LogP contribution < -0.4 is 9.88 Å². The number of thiophene rings is 1.